The molecule has 1 aromatic heterocycles. The van der Waals surface area contributed by atoms with Gasteiger partial charge in [-0.3, -0.25) is 9.48 Å². The van der Waals surface area contributed by atoms with E-state index in [0.29, 0.717) is 23.1 Å². The molecule has 1 atom stereocenters. The fourth-order valence-corrected chi connectivity index (χ4v) is 1.94. The summed E-state index contributed by atoms with van der Waals surface area (Å²) in [6.45, 7) is 4.01. The number of hydrogen-bond donors (Lipinski definition) is 1. The van der Waals surface area contributed by atoms with Gasteiger partial charge in [-0.1, -0.05) is 0 Å². The van der Waals surface area contributed by atoms with Crippen LogP contribution in [0.15, 0.2) is 18.2 Å². The lowest BCUT2D eigenvalue weighted by molar-refractivity contribution is -0.138. The number of nitrogens with zero attached hydrogens (tertiary/aromatic N) is 2. The first-order chi connectivity index (χ1) is 8.04. The molecule has 0 aliphatic carbocycles. The fraction of sp³-hybridized carbons (Fsp3) is 0.333. The van der Waals surface area contributed by atoms with E-state index in [1.165, 1.54) is 12.1 Å². The molecule has 2 rings (SSSR count). The summed E-state index contributed by atoms with van der Waals surface area (Å²) in [6.07, 6.45) is 0. The Bertz CT molecular complexity index is 577. The van der Waals surface area contributed by atoms with Crippen LogP contribution in [0.25, 0.3) is 10.9 Å². The summed E-state index contributed by atoms with van der Waals surface area (Å²) in [5.74, 6) is -2.03. The molecule has 0 aliphatic rings. The van der Waals surface area contributed by atoms with Gasteiger partial charge < -0.3 is 5.11 Å². The molecule has 4 nitrogen and oxygen atoms in total. The van der Waals surface area contributed by atoms with Crippen molar-refractivity contribution in [1.82, 2.24) is 9.78 Å². The van der Waals surface area contributed by atoms with Gasteiger partial charge in [0, 0.05) is 11.9 Å². The Kier molecular flexibility index (Phi) is 2.83. The SMILES string of the molecule is CCn1nc2ccc(F)cc2c1C(C)C(=O)O. The molecular formula is C12H13FN2O2. The second kappa shape index (κ2) is 4.16. The monoisotopic (exact) mass is 236 g/mol. The largest absolute Gasteiger partial charge is 0.481 e. The van der Waals surface area contributed by atoms with Gasteiger partial charge in [-0.05, 0) is 32.0 Å². The van der Waals surface area contributed by atoms with E-state index in [9.17, 15) is 9.18 Å². The number of hydrogen-bond acceptors (Lipinski definition) is 2. The van der Waals surface area contributed by atoms with Crippen LogP contribution in [0.5, 0.6) is 0 Å². The van der Waals surface area contributed by atoms with E-state index >= 15 is 0 Å². The van der Waals surface area contributed by atoms with Crippen molar-refractivity contribution in [2.45, 2.75) is 26.3 Å². The minimum absolute atomic E-state index is 0.382. The number of fused-ring (bicyclic) bond motifs is 1. The molecule has 1 unspecified atom stereocenters. The average Bonchev–Trinajstić information content (AvgIpc) is 2.65. The Morgan fingerprint density at radius 1 is 1.59 bits per heavy atom. The van der Waals surface area contributed by atoms with Gasteiger partial charge in [0.1, 0.15) is 5.82 Å². The number of halogens is 1. The number of carboxylic acids is 1. The highest BCUT2D eigenvalue weighted by Crippen LogP contribution is 2.26. The summed E-state index contributed by atoms with van der Waals surface area (Å²) < 4.78 is 14.8. The van der Waals surface area contributed by atoms with Crippen molar-refractivity contribution >= 4 is 16.9 Å². The third-order valence-corrected chi connectivity index (χ3v) is 2.82. The zero-order chi connectivity index (χ0) is 12.6. The number of aromatic nitrogens is 2. The smallest absolute Gasteiger partial charge is 0.312 e. The normalized spacial score (nSPS) is 12.9. The number of benzene rings is 1. The van der Waals surface area contributed by atoms with Crippen molar-refractivity contribution in [3.63, 3.8) is 0 Å². The van der Waals surface area contributed by atoms with E-state index in [1.54, 1.807) is 17.7 Å². The molecule has 0 fully saturated rings. The first-order valence-electron chi connectivity index (χ1n) is 5.43. The predicted molar refractivity (Wildman–Crippen MR) is 61.4 cm³/mol. The van der Waals surface area contributed by atoms with E-state index in [-0.39, 0.29) is 5.82 Å². The highest BCUT2D eigenvalue weighted by molar-refractivity contribution is 5.87. The molecule has 0 bridgehead atoms. The summed E-state index contributed by atoms with van der Waals surface area (Å²) >= 11 is 0. The zero-order valence-electron chi connectivity index (χ0n) is 9.64. The summed E-state index contributed by atoms with van der Waals surface area (Å²) in [6, 6.07) is 4.22. The van der Waals surface area contributed by atoms with E-state index in [4.69, 9.17) is 5.11 Å². The van der Waals surface area contributed by atoms with E-state index < -0.39 is 11.9 Å². The molecule has 5 heteroatoms. The molecule has 0 amide bonds. The molecule has 0 saturated carbocycles. The van der Waals surface area contributed by atoms with Crippen LogP contribution < -0.4 is 0 Å². The minimum Gasteiger partial charge on any atom is -0.481 e. The molecule has 90 valence electrons. The highest BCUT2D eigenvalue weighted by Gasteiger charge is 2.22. The fourth-order valence-electron chi connectivity index (χ4n) is 1.94. The van der Waals surface area contributed by atoms with Crippen LogP contribution in [-0.2, 0) is 11.3 Å². The topological polar surface area (TPSA) is 55.1 Å². The van der Waals surface area contributed by atoms with Gasteiger partial charge in [0.25, 0.3) is 0 Å². The zero-order valence-corrected chi connectivity index (χ0v) is 9.64. The maximum Gasteiger partial charge on any atom is 0.312 e. The Balaban J connectivity index is 2.72. The number of rotatable bonds is 3. The molecule has 17 heavy (non-hydrogen) atoms. The van der Waals surface area contributed by atoms with Crippen LogP contribution in [0, 0.1) is 5.82 Å². The molecule has 1 aromatic carbocycles. The summed E-state index contributed by atoms with van der Waals surface area (Å²) in [4.78, 5) is 11.1. The Hall–Kier alpha value is -1.91. The standard InChI is InChI=1S/C12H13FN2O2/c1-3-15-11(7(2)12(16)17)9-6-8(13)4-5-10(9)14-15/h4-7H,3H2,1-2H3,(H,16,17). The van der Waals surface area contributed by atoms with Crippen LogP contribution >= 0.6 is 0 Å². The first kappa shape index (κ1) is 11.6. The highest BCUT2D eigenvalue weighted by atomic mass is 19.1. The van der Waals surface area contributed by atoms with Gasteiger partial charge in [0.2, 0.25) is 0 Å². The summed E-state index contributed by atoms with van der Waals surface area (Å²) in [5, 5.41) is 13.9. The molecule has 0 saturated heterocycles. The van der Waals surface area contributed by atoms with Crippen molar-refractivity contribution in [3.05, 3.63) is 29.7 Å². The Morgan fingerprint density at radius 3 is 2.88 bits per heavy atom. The van der Waals surface area contributed by atoms with Crippen molar-refractivity contribution in [2.24, 2.45) is 0 Å². The van der Waals surface area contributed by atoms with E-state index in [1.807, 2.05) is 6.92 Å². The quantitative estimate of drug-likeness (QED) is 0.890. The number of carbonyl (C=O) groups is 1. The van der Waals surface area contributed by atoms with Gasteiger partial charge in [0.05, 0.1) is 17.1 Å². The molecule has 1 heterocycles. The minimum atomic E-state index is -0.939. The van der Waals surface area contributed by atoms with Crippen LogP contribution in [0.2, 0.25) is 0 Å². The molecule has 2 aromatic rings. The van der Waals surface area contributed by atoms with Gasteiger partial charge in [-0.2, -0.15) is 5.10 Å². The van der Waals surface area contributed by atoms with Crippen molar-refractivity contribution in [2.75, 3.05) is 0 Å². The van der Waals surface area contributed by atoms with Gasteiger partial charge >= 0.3 is 5.97 Å². The van der Waals surface area contributed by atoms with Gasteiger partial charge in [-0.25, -0.2) is 4.39 Å². The average molecular weight is 236 g/mol. The molecule has 0 aliphatic heterocycles. The summed E-state index contributed by atoms with van der Waals surface area (Å²) in [7, 11) is 0. The maximum atomic E-state index is 13.2. The molecule has 1 N–H and O–H groups in total. The molecular weight excluding hydrogens is 223 g/mol. The Labute approximate surface area is 97.7 Å². The van der Waals surface area contributed by atoms with Crippen LogP contribution in [-0.4, -0.2) is 20.9 Å². The van der Waals surface area contributed by atoms with Gasteiger partial charge in [-0.15, -0.1) is 0 Å². The van der Waals surface area contributed by atoms with E-state index in [2.05, 4.69) is 5.10 Å². The molecule has 0 spiro atoms. The van der Waals surface area contributed by atoms with Crippen molar-refractivity contribution in [3.8, 4) is 0 Å². The van der Waals surface area contributed by atoms with Gasteiger partial charge in [0.15, 0.2) is 0 Å². The van der Waals surface area contributed by atoms with E-state index in [0.717, 1.165) is 0 Å². The van der Waals surface area contributed by atoms with Crippen LogP contribution in [0.3, 0.4) is 0 Å². The predicted octanol–water partition coefficient (Wildman–Crippen LogP) is 2.38. The lowest BCUT2D eigenvalue weighted by atomic mass is 10.0. The van der Waals surface area contributed by atoms with Crippen LogP contribution in [0.1, 0.15) is 25.5 Å². The lowest BCUT2D eigenvalue weighted by Gasteiger charge is -2.09. The third kappa shape index (κ3) is 1.88. The first-order valence-corrected chi connectivity index (χ1v) is 5.43. The number of aryl methyl sites for hydroxylation is 1. The molecule has 0 radical (unpaired) electrons. The van der Waals surface area contributed by atoms with Crippen molar-refractivity contribution in [1.29, 1.82) is 0 Å². The van der Waals surface area contributed by atoms with Crippen molar-refractivity contribution < 1.29 is 14.3 Å². The second-order valence-electron chi connectivity index (χ2n) is 3.92. The summed E-state index contributed by atoms with van der Waals surface area (Å²) in [5.41, 5.74) is 1.17. The van der Waals surface area contributed by atoms with Crippen LogP contribution in [0.4, 0.5) is 4.39 Å². The second-order valence-corrected chi connectivity index (χ2v) is 3.92. The lowest BCUT2D eigenvalue weighted by Crippen LogP contribution is -2.13. The third-order valence-electron chi connectivity index (χ3n) is 2.82. The number of carboxylic acid groups (broad SMARTS) is 1. The Morgan fingerprint density at radius 2 is 2.29 bits per heavy atom. The maximum absolute atomic E-state index is 13.2. The number of aliphatic carboxylic acids is 1.